The van der Waals surface area contributed by atoms with Crippen LogP contribution in [0.5, 0.6) is 0 Å². The standard InChI is InChI=1S/C24H19Cl2N3O3S2.C20H16BrCl2N3O3S/c1-24(12-15-3-5-16(6-4-15)17-7-8-33-14-17)22(30)28(20-10-18(25)9-19(26)11-20)23-27-13-21(29(23)24)34(2,31)32;1-20(10-12-3-5-13(21)6-4-12)18(27)25(16-8-14(22)7-15(23)9-16)19-24-11-17(26(19)20)30(2,28)29/h3-11,13-14H,12H2,1-2H3;3-9,11H,10H2,1-2H3/t24-;20-/m11/s1. The average Bonchev–Trinajstić information content (AvgIpc) is 4.04. The zero-order chi connectivity index (χ0) is 46.1. The molecule has 9 rings (SSSR count). The summed E-state index contributed by atoms with van der Waals surface area (Å²) in [6.07, 6.45) is 5.31. The second kappa shape index (κ2) is 17.0. The van der Waals surface area contributed by atoms with E-state index < -0.39 is 30.8 Å². The Bertz CT molecular complexity index is 3180. The molecule has 0 aliphatic carbocycles. The highest BCUT2D eigenvalue weighted by molar-refractivity contribution is 9.10. The van der Waals surface area contributed by atoms with Gasteiger partial charge in [0.05, 0.1) is 23.8 Å². The molecule has 0 N–H and O–H groups in total. The Hall–Kier alpha value is -4.52. The van der Waals surface area contributed by atoms with Crippen LogP contribution in [0.1, 0.15) is 25.0 Å². The summed E-state index contributed by atoms with van der Waals surface area (Å²) in [6.45, 7) is 3.44. The van der Waals surface area contributed by atoms with Gasteiger partial charge in [-0.25, -0.2) is 36.6 Å². The summed E-state index contributed by atoms with van der Waals surface area (Å²) < 4.78 is 54.0. The Balaban J connectivity index is 0.000000176. The van der Waals surface area contributed by atoms with Crippen LogP contribution in [-0.4, -0.2) is 60.3 Å². The van der Waals surface area contributed by atoms with Gasteiger partial charge in [-0.05, 0) is 101 Å². The van der Waals surface area contributed by atoms with Gasteiger partial charge in [0.25, 0.3) is 11.8 Å². The van der Waals surface area contributed by atoms with E-state index in [2.05, 4.69) is 31.3 Å². The number of hydrogen-bond acceptors (Lipinski definition) is 9. The van der Waals surface area contributed by atoms with E-state index in [1.807, 2.05) is 60.0 Å². The number of fused-ring (bicyclic) bond motifs is 2. The summed E-state index contributed by atoms with van der Waals surface area (Å²) in [5.74, 6) is -0.225. The number of halogens is 5. The van der Waals surface area contributed by atoms with Gasteiger partial charge in [-0.2, -0.15) is 11.3 Å². The summed E-state index contributed by atoms with van der Waals surface area (Å²) in [5, 5.41) is 5.46. The molecule has 0 saturated carbocycles. The third-order valence-electron chi connectivity index (χ3n) is 10.9. The van der Waals surface area contributed by atoms with Gasteiger partial charge in [0, 0.05) is 49.9 Å². The molecule has 0 saturated heterocycles. The molecule has 4 aromatic carbocycles. The molecule has 12 nitrogen and oxygen atoms in total. The van der Waals surface area contributed by atoms with Crippen LogP contribution in [-0.2, 0) is 53.2 Å². The predicted molar refractivity (Wildman–Crippen MR) is 256 cm³/mol. The summed E-state index contributed by atoms with van der Waals surface area (Å²) >= 11 is 29.7. The van der Waals surface area contributed by atoms with E-state index in [0.29, 0.717) is 31.5 Å². The Morgan fingerprint density at radius 1 is 0.594 bits per heavy atom. The molecular weight excluding hydrogens is 1030 g/mol. The van der Waals surface area contributed by atoms with Gasteiger partial charge < -0.3 is 0 Å². The molecule has 5 heterocycles. The van der Waals surface area contributed by atoms with Gasteiger partial charge in [0.1, 0.15) is 11.1 Å². The van der Waals surface area contributed by atoms with E-state index in [1.54, 1.807) is 61.6 Å². The molecule has 0 radical (unpaired) electrons. The lowest BCUT2D eigenvalue weighted by Crippen LogP contribution is -2.41. The van der Waals surface area contributed by atoms with Gasteiger partial charge in [0.2, 0.25) is 11.9 Å². The lowest BCUT2D eigenvalue weighted by Gasteiger charge is -2.26. The SMILES string of the molecule is C[C@@]1(Cc2ccc(-c3ccsc3)cc2)C(=O)N(c2cc(Cl)cc(Cl)c2)c2ncc(S(C)(=O)=O)n21.C[C@@]1(Cc2ccc(Br)cc2)C(=O)N(c2cc(Cl)cc(Cl)c2)c2ncc(S(C)(=O)=O)n21. The number of benzene rings is 4. The van der Waals surface area contributed by atoms with Crippen molar-refractivity contribution in [2.75, 3.05) is 22.3 Å². The van der Waals surface area contributed by atoms with E-state index in [1.165, 1.54) is 31.3 Å². The third-order valence-corrected chi connectivity index (χ3v) is 15.1. The zero-order valence-electron chi connectivity index (χ0n) is 34.1. The fraction of sp³-hybridized carbons (Fsp3) is 0.182. The van der Waals surface area contributed by atoms with Crippen molar-refractivity contribution in [1.29, 1.82) is 0 Å². The van der Waals surface area contributed by atoms with Gasteiger partial charge in [-0.1, -0.05) is 98.7 Å². The molecule has 2 atom stereocenters. The number of carbonyl (C=O) groups excluding carboxylic acids is 2. The van der Waals surface area contributed by atoms with Crippen molar-refractivity contribution in [2.24, 2.45) is 0 Å². The monoisotopic (exact) mass is 1060 g/mol. The van der Waals surface area contributed by atoms with Crippen LogP contribution in [0.15, 0.2) is 129 Å². The van der Waals surface area contributed by atoms with Crippen LogP contribution in [0.25, 0.3) is 11.1 Å². The Kier molecular flexibility index (Phi) is 12.3. The maximum absolute atomic E-state index is 13.9. The predicted octanol–water partition coefficient (Wildman–Crippen LogP) is 11.0. The number of hydrogen-bond donors (Lipinski definition) is 0. The van der Waals surface area contributed by atoms with Crippen molar-refractivity contribution in [3.05, 3.63) is 150 Å². The molecule has 0 unspecified atom stereocenters. The minimum Gasteiger partial charge on any atom is -0.285 e. The zero-order valence-corrected chi connectivity index (χ0v) is 41.2. The first-order valence-corrected chi connectivity index (χ1v) is 26.2. The van der Waals surface area contributed by atoms with Crippen molar-refractivity contribution < 1.29 is 26.4 Å². The molecule has 330 valence electrons. The lowest BCUT2D eigenvalue weighted by atomic mass is 9.91. The Labute approximate surface area is 402 Å². The van der Waals surface area contributed by atoms with Gasteiger partial charge in [-0.15, -0.1) is 0 Å². The fourth-order valence-corrected chi connectivity index (χ4v) is 11.7. The van der Waals surface area contributed by atoms with Crippen molar-refractivity contribution in [3.63, 3.8) is 0 Å². The van der Waals surface area contributed by atoms with Gasteiger partial charge in [0.15, 0.2) is 29.7 Å². The second-order valence-electron chi connectivity index (χ2n) is 15.8. The van der Waals surface area contributed by atoms with Crippen molar-refractivity contribution in [1.82, 2.24) is 19.1 Å². The number of nitrogens with zero attached hydrogens (tertiary/aromatic N) is 6. The Morgan fingerprint density at radius 3 is 1.34 bits per heavy atom. The minimum absolute atomic E-state index is 0.0242. The molecular formula is C44H35BrCl4N6O6S3. The topological polar surface area (TPSA) is 145 Å². The first-order chi connectivity index (χ1) is 30.1. The summed E-state index contributed by atoms with van der Waals surface area (Å²) in [5.41, 5.74) is 2.35. The molecule has 64 heavy (non-hydrogen) atoms. The van der Waals surface area contributed by atoms with E-state index in [4.69, 9.17) is 46.4 Å². The van der Waals surface area contributed by atoms with Gasteiger partial charge in [-0.3, -0.25) is 18.7 Å². The van der Waals surface area contributed by atoms with Crippen LogP contribution >= 0.6 is 73.7 Å². The molecule has 20 heteroatoms. The van der Waals surface area contributed by atoms with Crippen LogP contribution < -0.4 is 9.80 Å². The van der Waals surface area contributed by atoms with Gasteiger partial charge >= 0.3 is 0 Å². The van der Waals surface area contributed by atoms with E-state index in [9.17, 15) is 26.4 Å². The molecule has 0 spiro atoms. The average molecular weight is 1060 g/mol. The minimum atomic E-state index is -3.66. The number of rotatable bonds is 9. The summed E-state index contributed by atoms with van der Waals surface area (Å²) in [7, 11) is -7.30. The highest BCUT2D eigenvalue weighted by Crippen LogP contribution is 2.46. The number of sulfone groups is 2. The normalized spacial score (nSPS) is 18.3. The lowest BCUT2D eigenvalue weighted by molar-refractivity contribution is -0.124. The highest BCUT2D eigenvalue weighted by Gasteiger charge is 2.53. The number of carbonyl (C=O) groups is 2. The number of imidazole rings is 2. The second-order valence-corrected chi connectivity index (χ2v) is 23.1. The van der Waals surface area contributed by atoms with Crippen LogP contribution in [0.4, 0.5) is 23.3 Å². The number of aromatic nitrogens is 4. The maximum Gasteiger partial charge on any atom is 0.260 e. The highest BCUT2D eigenvalue weighted by atomic mass is 79.9. The quantitative estimate of drug-likeness (QED) is 0.139. The summed E-state index contributed by atoms with van der Waals surface area (Å²) in [4.78, 5) is 38.9. The Morgan fingerprint density at radius 2 is 0.984 bits per heavy atom. The van der Waals surface area contributed by atoms with Crippen molar-refractivity contribution >= 4 is 128 Å². The first kappa shape index (κ1) is 46.0. The van der Waals surface area contributed by atoms with Crippen LogP contribution in [0.3, 0.4) is 0 Å². The number of amides is 2. The van der Waals surface area contributed by atoms with E-state index >= 15 is 0 Å². The van der Waals surface area contributed by atoms with E-state index in [0.717, 1.165) is 39.2 Å². The fourth-order valence-electron chi connectivity index (χ4n) is 8.03. The van der Waals surface area contributed by atoms with Crippen molar-refractivity contribution in [2.45, 2.75) is 47.8 Å². The molecule has 2 aliphatic rings. The van der Waals surface area contributed by atoms with E-state index in [-0.39, 0.29) is 46.6 Å². The van der Waals surface area contributed by atoms with Crippen LogP contribution in [0, 0.1) is 0 Å². The first-order valence-electron chi connectivity index (χ1n) is 19.1. The third kappa shape index (κ3) is 8.55. The van der Waals surface area contributed by atoms with Crippen molar-refractivity contribution in [3.8, 4) is 11.1 Å². The smallest absolute Gasteiger partial charge is 0.260 e. The number of anilines is 4. The molecule has 7 aromatic rings. The van der Waals surface area contributed by atoms with Crippen LogP contribution in [0.2, 0.25) is 20.1 Å². The largest absolute Gasteiger partial charge is 0.285 e. The molecule has 0 fully saturated rings. The maximum atomic E-state index is 13.9. The summed E-state index contributed by atoms with van der Waals surface area (Å²) in [6, 6.07) is 27.0. The molecule has 0 bridgehead atoms. The molecule has 2 amide bonds. The number of thiophene rings is 1. The molecule has 3 aromatic heterocycles. The molecule has 2 aliphatic heterocycles.